The predicted octanol–water partition coefficient (Wildman–Crippen LogP) is 4.29. The van der Waals surface area contributed by atoms with Crippen LogP contribution in [0.3, 0.4) is 0 Å². The number of carbonyl (C=O) groups excluding carboxylic acids is 1. The molecule has 3 fully saturated rings. The Morgan fingerprint density at radius 1 is 0.929 bits per heavy atom. The average Bonchev–Trinajstić information content (AvgIpc) is 3.69. The highest BCUT2D eigenvalue weighted by Gasteiger charge is 2.27. The molecule has 1 amide bonds. The molecular weight excluding hydrogens is 532 g/mol. The molecule has 6 rings (SSSR count). The van der Waals surface area contributed by atoms with Crippen molar-refractivity contribution in [2.45, 2.75) is 94.8 Å². The number of hydrogen-bond donors (Lipinski definition) is 3. The zero-order valence-electron chi connectivity index (χ0n) is 24.8. The van der Waals surface area contributed by atoms with E-state index in [1.54, 1.807) is 14.2 Å². The fourth-order valence-corrected chi connectivity index (χ4v) is 6.72. The lowest BCUT2D eigenvalue weighted by Crippen LogP contribution is -2.43. The molecule has 1 saturated heterocycles. The van der Waals surface area contributed by atoms with Crippen LogP contribution in [0.5, 0.6) is 11.5 Å². The molecule has 3 aliphatic rings. The molecular formula is C31H44N8O3. The number of nitrogens with one attached hydrogen (secondary N) is 2. The smallest absolute Gasteiger partial charge is 0.227 e. The minimum Gasteiger partial charge on any atom is -0.493 e. The number of likely N-dealkylation sites (tertiary alicyclic amines) is 1. The van der Waals surface area contributed by atoms with Crippen LogP contribution in [0.15, 0.2) is 24.5 Å². The van der Waals surface area contributed by atoms with Crippen molar-refractivity contribution >= 4 is 28.8 Å². The lowest BCUT2D eigenvalue weighted by atomic mass is 9.92. The number of aromatic nitrogens is 4. The second-order valence-electron chi connectivity index (χ2n) is 12.1. The Labute approximate surface area is 247 Å². The first-order chi connectivity index (χ1) is 20.5. The van der Waals surface area contributed by atoms with Crippen LogP contribution in [0, 0.1) is 0 Å². The summed E-state index contributed by atoms with van der Waals surface area (Å²) >= 11 is 0. The van der Waals surface area contributed by atoms with Gasteiger partial charge in [0.1, 0.15) is 0 Å². The fourth-order valence-electron chi connectivity index (χ4n) is 6.72. The molecule has 226 valence electrons. The van der Waals surface area contributed by atoms with E-state index in [1.807, 2.05) is 29.4 Å². The van der Waals surface area contributed by atoms with Crippen molar-refractivity contribution in [2.75, 3.05) is 37.9 Å². The van der Waals surface area contributed by atoms with Gasteiger partial charge in [0, 0.05) is 37.3 Å². The molecule has 4 N–H and O–H groups in total. The summed E-state index contributed by atoms with van der Waals surface area (Å²) < 4.78 is 13.0. The monoisotopic (exact) mass is 576 g/mol. The first-order valence-electron chi connectivity index (χ1n) is 15.5. The van der Waals surface area contributed by atoms with E-state index in [0.29, 0.717) is 55.1 Å². The van der Waals surface area contributed by atoms with Crippen LogP contribution in [0.25, 0.3) is 11.2 Å². The Bertz CT molecular complexity index is 1370. The molecule has 0 bridgehead atoms. The summed E-state index contributed by atoms with van der Waals surface area (Å²) in [4.78, 5) is 29.8. The summed E-state index contributed by atoms with van der Waals surface area (Å²) in [6, 6.07) is 6.92. The third-order valence-electron chi connectivity index (χ3n) is 9.24. The molecule has 2 saturated carbocycles. The van der Waals surface area contributed by atoms with Gasteiger partial charge in [-0.2, -0.15) is 9.97 Å². The van der Waals surface area contributed by atoms with Crippen molar-refractivity contribution in [1.29, 1.82) is 0 Å². The van der Waals surface area contributed by atoms with Crippen molar-refractivity contribution in [3.63, 3.8) is 0 Å². The Morgan fingerprint density at radius 2 is 1.64 bits per heavy atom. The SMILES string of the molecule is COc1ccc(CC(=O)N2CCC(Nc3nc(NC4CCC(N)CC4)nc4c3ncn4C3CCCC3)CC2)cc1OC. The maximum absolute atomic E-state index is 13.1. The van der Waals surface area contributed by atoms with Gasteiger partial charge in [-0.3, -0.25) is 4.79 Å². The lowest BCUT2D eigenvalue weighted by Gasteiger charge is -2.33. The number of nitrogens with zero attached hydrogens (tertiary/aromatic N) is 5. The van der Waals surface area contributed by atoms with Crippen molar-refractivity contribution in [3.8, 4) is 11.5 Å². The minimum atomic E-state index is 0.124. The van der Waals surface area contributed by atoms with Gasteiger partial charge in [-0.05, 0) is 69.1 Å². The van der Waals surface area contributed by atoms with Gasteiger partial charge in [0.2, 0.25) is 11.9 Å². The molecule has 3 aromatic rings. The number of ether oxygens (including phenoxy) is 2. The molecule has 0 atom stereocenters. The second-order valence-corrected chi connectivity index (χ2v) is 12.1. The molecule has 11 heteroatoms. The van der Waals surface area contributed by atoms with E-state index >= 15 is 0 Å². The number of methoxy groups -OCH3 is 2. The van der Waals surface area contributed by atoms with Crippen LogP contribution in [0.2, 0.25) is 0 Å². The molecule has 42 heavy (non-hydrogen) atoms. The number of anilines is 2. The zero-order valence-corrected chi connectivity index (χ0v) is 24.8. The Morgan fingerprint density at radius 3 is 2.36 bits per heavy atom. The molecule has 11 nitrogen and oxygen atoms in total. The van der Waals surface area contributed by atoms with Crippen molar-refractivity contribution in [1.82, 2.24) is 24.4 Å². The van der Waals surface area contributed by atoms with E-state index in [9.17, 15) is 4.79 Å². The number of piperidine rings is 1. The highest BCUT2D eigenvalue weighted by molar-refractivity contribution is 5.84. The van der Waals surface area contributed by atoms with E-state index < -0.39 is 0 Å². The van der Waals surface area contributed by atoms with Crippen LogP contribution < -0.4 is 25.8 Å². The first kappa shape index (κ1) is 28.5. The number of imidazole rings is 1. The highest BCUT2D eigenvalue weighted by Crippen LogP contribution is 2.34. The van der Waals surface area contributed by atoms with Crippen LogP contribution in [-0.2, 0) is 11.2 Å². The van der Waals surface area contributed by atoms with E-state index in [0.717, 1.165) is 73.9 Å². The summed E-state index contributed by atoms with van der Waals surface area (Å²) in [5.74, 6) is 2.86. The number of fused-ring (bicyclic) bond motifs is 1. The number of benzene rings is 1. The van der Waals surface area contributed by atoms with Gasteiger partial charge < -0.3 is 35.3 Å². The maximum atomic E-state index is 13.1. The van der Waals surface area contributed by atoms with Crippen LogP contribution in [0.1, 0.15) is 75.8 Å². The van der Waals surface area contributed by atoms with E-state index in [2.05, 4.69) is 15.2 Å². The molecule has 2 aliphatic carbocycles. The Hall–Kier alpha value is -3.60. The highest BCUT2D eigenvalue weighted by atomic mass is 16.5. The van der Waals surface area contributed by atoms with Gasteiger partial charge in [-0.1, -0.05) is 18.9 Å². The van der Waals surface area contributed by atoms with Crippen LogP contribution in [0.4, 0.5) is 11.8 Å². The quantitative estimate of drug-likeness (QED) is 0.341. The zero-order chi connectivity index (χ0) is 29.1. The number of rotatable bonds is 9. The molecule has 3 heterocycles. The van der Waals surface area contributed by atoms with E-state index in [4.69, 9.17) is 30.2 Å². The number of hydrogen-bond acceptors (Lipinski definition) is 9. The van der Waals surface area contributed by atoms with Crippen molar-refractivity contribution in [2.24, 2.45) is 5.73 Å². The summed E-state index contributed by atoms with van der Waals surface area (Å²) in [6.07, 6.45) is 12.9. The Balaban J connectivity index is 1.13. The topological polar surface area (TPSA) is 132 Å². The van der Waals surface area contributed by atoms with Gasteiger partial charge in [-0.15, -0.1) is 0 Å². The Kier molecular flexibility index (Phi) is 8.64. The number of nitrogens with two attached hydrogens (primary N) is 1. The van der Waals surface area contributed by atoms with Crippen LogP contribution in [-0.4, -0.2) is 75.8 Å². The van der Waals surface area contributed by atoms with E-state index in [1.165, 1.54) is 12.8 Å². The van der Waals surface area contributed by atoms with Gasteiger partial charge in [0.05, 0.1) is 27.0 Å². The molecule has 1 aliphatic heterocycles. The van der Waals surface area contributed by atoms with Gasteiger partial charge in [0.15, 0.2) is 28.5 Å². The number of amides is 1. The second kappa shape index (κ2) is 12.7. The van der Waals surface area contributed by atoms with Gasteiger partial charge in [0.25, 0.3) is 0 Å². The third kappa shape index (κ3) is 6.25. The summed E-state index contributed by atoms with van der Waals surface area (Å²) in [5.41, 5.74) is 8.78. The minimum absolute atomic E-state index is 0.124. The maximum Gasteiger partial charge on any atom is 0.227 e. The molecule has 0 unspecified atom stereocenters. The van der Waals surface area contributed by atoms with Crippen molar-refractivity contribution in [3.05, 3.63) is 30.1 Å². The first-order valence-corrected chi connectivity index (χ1v) is 15.5. The third-order valence-corrected chi connectivity index (χ3v) is 9.24. The van der Waals surface area contributed by atoms with Gasteiger partial charge >= 0.3 is 0 Å². The normalized spacial score (nSPS) is 21.9. The van der Waals surface area contributed by atoms with Gasteiger partial charge in [-0.25, -0.2) is 4.98 Å². The fraction of sp³-hybridized carbons (Fsp3) is 0.613. The molecule has 1 aromatic carbocycles. The molecule has 0 spiro atoms. The standard InChI is InChI=1S/C31H44N8O3/c1-41-25-12-7-20(17-26(25)42-2)18-27(40)38-15-13-23(14-16-38)34-29-28-30(39(19-33-28)24-5-3-4-6-24)37-31(36-29)35-22-10-8-21(32)9-11-22/h7,12,17,19,21-24H,3-6,8-11,13-16,18,32H2,1-2H3,(H2,34,35,36,37). The largest absolute Gasteiger partial charge is 0.493 e. The predicted molar refractivity (Wildman–Crippen MR) is 163 cm³/mol. The van der Waals surface area contributed by atoms with E-state index in [-0.39, 0.29) is 11.9 Å². The summed E-state index contributed by atoms with van der Waals surface area (Å²) in [5, 5.41) is 7.30. The number of carbonyl (C=O) groups is 1. The lowest BCUT2D eigenvalue weighted by molar-refractivity contribution is -0.131. The van der Waals surface area contributed by atoms with Crippen LogP contribution >= 0.6 is 0 Å². The average molecular weight is 577 g/mol. The molecule has 2 aromatic heterocycles. The summed E-state index contributed by atoms with van der Waals surface area (Å²) in [6.45, 7) is 1.39. The van der Waals surface area contributed by atoms with Crippen molar-refractivity contribution < 1.29 is 14.3 Å². The molecule has 0 radical (unpaired) electrons. The summed E-state index contributed by atoms with van der Waals surface area (Å²) in [7, 11) is 3.22.